The highest BCUT2D eigenvalue weighted by Gasteiger charge is 2.21. The maximum atomic E-state index is 13.2. The summed E-state index contributed by atoms with van der Waals surface area (Å²) < 4.78 is 9.31. The lowest BCUT2D eigenvalue weighted by molar-refractivity contribution is 0.102. The van der Waals surface area contributed by atoms with Crippen molar-refractivity contribution < 1.29 is 9.53 Å². The Morgan fingerprint density at radius 1 is 1.11 bits per heavy atom. The molecule has 36 heavy (non-hydrogen) atoms. The van der Waals surface area contributed by atoms with E-state index in [-0.39, 0.29) is 11.5 Å². The SMILES string of the molecule is COCCn1c(C)cc(C(=O)CSc2nnc(-c3c[nH]c4ccccc34)n2-c2ccc(Cl)cc2)c1C. The third kappa shape index (κ3) is 4.59. The summed E-state index contributed by atoms with van der Waals surface area (Å²) in [6.45, 7) is 5.30. The van der Waals surface area contributed by atoms with Gasteiger partial charge in [0.25, 0.3) is 0 Å². The molecule has 184 valence electrons. The van der Waals surface area contributed by atoms with Crippen molar-refractivity contribution >= 4 is 40.0 Å². The Balaban J connectivity index is 1.48. The van der Waals surface area contributed by atoms with E-state index in [1.807, 2.05) is 73.1 Å². The molecule has 0 radical (unpaired) electrons. The summed E-state index contributed by atoms with van der Waals surface area (Å²) in [6.07, 6.45) is 1.94. The zero-order valence-electron chi connectivity index (χ0n) is 20.3. The Labute approximate surface area is 218 Å². The Morgan fingerprint density at radius 3 is 2.67 bits per heavy atom. The number of para-hydroxylation sites is 1. The number of aromatic nitrogens is 5. The van der Waals surface area contributed by atoms with Crippen LogP contribution in [0.25, 0.3) is 28.0 Å². The van der Waals surface area contributed by atoms with Crippen LogP contribution in [-0.4, -0.2) is 49.6 Å². The summed E-state index contributed by atoms with van der Waals surface area (Å²) in [6, 6.07) is 17.6. The lowest BCUT2D eigenvalue weighted by Crippen LogP contribution is -2.10. The van der Waals surface area contributed by atoms with Crippen LogP contribution in [0.2, 0.25) is 5.02 Å². The van der Waals surface area contributed by atoms with E-state index in [4.69, 9.17) is 16.3 Å². The number of benzene rings is 2. The third-order valence-electron chi connectivity index (χ3n) is 6.27. The fourth-order valence-electron chi connectivity index (χ4n) is 4.44. The molecule has 5 aromatic rings. The molecule has 3 heterocycles. The normalized spacial score (nSPS) is 11.4. The second-order valence-corrected chi connectivity index (χ2v) is 9.89. The van der Waals surface area contributed by atoms with Crippen molar-refractivity contribution in [3.63, 3.8) is 0 Å². The molecule has 0 aliphatic carbocycles. The molecule has 0 aliphatic heterocycles. The highest BCUT2D eigenvalue weighted by molar-refractivity contribution is 7.99. The number of methoxy groups -OCH3 is 1. The van der Waals surface area contributed by atoms with E-state index in [0.717, 1.165) is 39.1 Å². The smallest absolute Gasteiger partial charge is 0.196 e. The van der Waals surface area contributed by atoms with Gasteiger partial charge >= 0.3 is 0 Å². The summed E-state index contributed by atoms with van der Waals surface area (Å²) >= 11 is 7.53. The molecular weight excluding hydrogens is 494 g/mol. The summed E-state index contributed by atoms with van der Waals surface area (Å²) in [4.78, 5) is 16.5. The van der Waals surface area contributed by atoms with E-state index >= 15 is 0 Å². The summed E-state index contributed by atoms with van der Waals surface area (Å²) in [5.41, 5.74) is 5.56. The maximum Gasteiger partial charge on any atom is 0.196 e. The van der Waals surface area contributed by atoms with Gasteiger partial charge in [0.05, 0.1) is 12.4 Å². The quantitative estimate of drug-likeness (QED) is 0.188. The minimum absolute atomic E-state index is 0.0519. The number of hydrogen-bond acceptors (Lipinski definition) is 5. The minimum atomic E-state index is 0.0519. The number of nitrogens with one attached hydrogen (secondary N) is 1. The molecule has 0 atom stereocenters. The van der Waals surface area contributed by atoms with E-state index < -0.39 is 0 Å². The van der Waals surface area contributed by atoms with E-state index in [9.17, 15) is 4.79 Å². The lowest BCUT2D eigenvalue weighted by atomic mass is 10.1. The average molecular weight is 520 g/mol. The molecule has 0 bridgehead atoms. The number of ether oxygens (including phenoxy) is 1. The zero-order valence-corrected chi connectivity index (χ0v) is 21.9. The Kier molecular flexibility index (Phi) is 7.00. The van der Waals surface area contributed by atoms with Gasteiger partial charge in [0, 0.05) is 64.0 Å². The van der Waals surface area contributed by atoms with Crippen LogP contribution in [0.4, 0.5) is 0 Å². The number of fused-ring (bicyclic) bond motifs is 1. The first-order chi connectivity index (χ1) is 17.5. The highest BCUT2D eigenvalue weighted by atomic mass is 35.5. The van der Waals surface area contributed by atoms with Crippen molar-refractivity contribution in [2.45, 2.75) is 25.5 Å². The second kappa shape index (κ2) is 10.3. The van der Waals surface area contributed by atoms with Gasteiger partial charge in [-0.2, -0.15) is 0 Å². The Morgan fingerprint density at radius 2 is 1.89 bits per heavy atom. The third-order valence-corrected chi connectivity index (χ3v) is 7.45. The minimum Gasteiger partial charge on any atom is -0.383 e. The van der Waals surface area contributed by atoms with Crippen LogP contribution >= 0.6 is 23.4 Å². The molecule has 0 saturated carbocycles. The van der Waals surface area contributed by atoms with Crippen LogP contribution in [-0.2, 0) is 11.3 Å². The standard InChI is InChI=1S/C27H26ClN5O2S/c1-17-14-22(18(2)32(17)12-13-35-3)25(34)16-36-27-31-30-26(33(27)20-10-8-19(28)9-11-20)23-15-29-24-7-5-4-6-21(23)24/h4-11,14-15,29H,12-13,16H2,1-3H3. The highest BCUT2D eigenvalue weighted by Crippen LogP contribution is 2.33. The first-order valence-electron chi connectivity index (χ1n) is 11.6. The topological polar surface area (TPSA) is 77.7 Å². The number of nitrogens with zero attached hydrogens (tertiary/aromatic N) is 4. The average Bonchev–Trinajstić information content (AvgIpc) is 3.57. The number of aromatic amines is 1. The number of ketones is 1. The summed E-state index contributed by atoms with van der Waals surface area (Å²) in [5.74, 6) is 0.993. The van der Waals surface area contributed by atoms with Crippen molar-refractivity contribution in [3.05, 3.63) is 82.8 Å². The van der Waals surface area contributed by atoms with Gasteiger partial charge in [-0.1, -0.05) is 41.6 Å². The number of hydrogen-bond donors (Lipinski definition) is 1. The number of Topliss-reactive ketones (excluding diaryl/α,β-unsaturated/α-hetero) is 1. The van der Waals surface area contributed by atoms with Crippen molar-refractivity contribution in [2.24, 2.45) is 0 Å². The molecule has 1 N–H and O–H groups in total. The van der Waals surface area contributed by atoms with Crippen LogP contribution in [0.15, 0.2) is 66.0 Å². The molecule has 0 fully saturated rings. The van der Waals surface area contributed by atoms with Gasteiger partial charge in [0.15, 0.2) is 16.8 Å². The van der Waals surface area contributed by atoms with Gasteiger partial charge in [-0.3, -0.25) is 9.36 Å². The fraction of sp³-hybridized carbons (Fsp3) is 0.222. The van der Waals surface area contributed by atoms with E-state index in [2.05, 4.69) is 25.8 Å². The lowest BCUT2D eigenvalue weighted by Gasteiger charge is -2.10. The number of carbonyl (C=O) groups is 1. The van der Waals surface area contributed by atoms with Gasteiger partial charge in [0.2, 0.25) is 0 Å². The Hall–Kier alpha value is -3.33. The van der Waals surface area contributed by atoms with E-state index in [1.54, 1.807) is 7.11 Å². The van der Waals surface area contributed by atoms with Gasteiger partial charge in [-0.15, -0.1) is 10.2 Å². The van der Waals surface area contributed by atoms with Gasteiger partial charge in [-0.25, -0.2) is 0 Å². The zero-order chi connectivity index (χ0) is 25.2. The van der Waals surface area contributed by atoms with Gasteiger partial charge < -0.3 is 14.3 Å². The van der Waals surface area contributed by atoms with Crippen LogP contribution in [0.3, 0.4) is 0 Å². The van der Waals surface area contributed by atoms with Crippen molar-refractivity contribution in [2.75, 3.05) is 19.5 Å². The maximum absolute atomic E-state index is 13.2. The van der Waals surface area contributed by atoms with Crippen LogP contribution < -0.4 is 0 Å². The predicted octanol–water partition coefficient (Wildman–Crippen LogP) is 6.11. The largest absolute Gasteiger partial charge is 0.383 e. The van der Waals surface area contributed by atoms with Crippen molar-refractivity contribution in [3.8, 4) is 17.1 Å². The number of rotatable bonds is 9. The fourth-order valence-corrected chi connectivity index (χ4v) is 5.40. The monoisotopic (exact) mass is 519 g/mol. The number of thioether (sulfide) groups is 1. The molecule has 2 aromatic carbocycles. The van der Waals surface area contributed by atoms with E-state index in [1.165, 1.54) is 11.8 Å². The molecule has 0 aliphatic rings. The molecule has 9 heteroatoms. The molecule has 5 rings (SSSR count). The van der Waals surface area contributed by atoms with Crippen LogP contribution in [0.5, 0.6) is 0 Å². The van der Waals surface area contributed by atoms with Crippen molar-refractivity contribution in [1.29, 1.82) is 0 Å². The van der Waals surface area contributed by atoms with Crippen LogP contribution in [0, 0.1) is 13.8 Å². The molecule has 0 saturated heterocycles. The number of halogens is 1. The van der Waals surface area contributed by atoms with E-state index in [0.29, 0.717) is 29.2 Å². The summed E-state index contributed by atoms with van der Waals surface area (Å²) in [7, 11) is 1.68. The molecule has 0 spiro atoms. The van der Waals surface area contributed by atoms with Crippen molar-refractivity contribution in [1.82, 2.24) is 24.3 Å². The number of H-pyrrole nitrogens is 1. The second-order valence-electron chi connectivity index (χ2n) is 8.51. The molecular formula is C27H26ClN5O2S. The molecule has 0 unspecified atom stereocenters. The summed E-state index contributed by atoms with van der Waals surface area (Å²) in [5, 5.41) is 11.4. The molecule has 7 nitrogen and oxygen atoms in total. The number of carbonyl (C=O) groups excluding carboxylic acids is 1. The molecule has 3 aromatic heterocycles. The van der Waals surface area contributed by atoms with Gasteiger partial charge in [0.1, 0.15) is 0 Å². The molecule has 0 amide bonds. The van der Waals surface area contributed by atoms with Crippen LogP contribution in [0.1, 0.15) is 21.7 Å². The number of aryl methyl sites for hydroxylation is 1. The first-order valence-corrected chi connectivity index (χ1v) is 12.9. The Bertz CT molecular complexity index is 1530. The first kappa shape index (κ1) is 24.4. The predicted molar refractivity (Wildman–Crippen MR) is 144 cm³/mol. The van der Waals surface area contributed by atoms with Gasteiger partial charge in [-0.05, 0) is 50.2 Å².